The number of nitrogens with zero attached hydrogens (tertiary/aromatic N) is 4. The SMILES string of the molecule is CCNC(=NCCc1nc(C(C)C)no1)NC1CCN(Cc2ccc(Cl)cc2)CC1. The van der Waals surface area contributed by atoms with E-state index in [1.54, 1.807) is 0 Å². The molecule has 0 bridgehead atoms. The standard InChI is InChI=1S/C22H33ClN6O/c1-4-24-22(25-12-9-20-27-21(16(2)3)28-30-20)26-19-10-13-29(14-11-19)15-17-5-7-18(23)8-6-17/h5-8,16,19H,4,9-15H2,1-3H3,(H2,24,25,26). The van der Waals surface area contributed by atoms with Crippen LogP contribution in [0.2, 0.25) is 5.02 Å². The molecule has 30 heavy (non-hydrogen) atoms. The van der Waals surface area contributed by atoms with Crippen LogP contribution in [0.3, 0.4) is 0 Å². The van der Waals surface area contributed by atoms with E-state index in [0.29, 0.717) is 24.9 Å². The Morgan fingerprint density at radius 2 is 2.00 bits per heavy atom. The molecule has 1 aliphatic heterocycles. The molecule has 0 unspecified atom stereocenters. The third-order valence-electron chi connectivity index (χ3n) is 5.19. The number of piperidine rings is 1. The van der Waals surface area contributed by atoms with Gasteiger partial charge in [0.25, 0.3) is 0 Å². The van der Waals surface area contributed by atoms with E-state index < -0.39 is 0 Å². The van der Waals surface area contributed by atoms with Gasteiger partial charge in [-0.1, -0.05) is 42.7 Å². The Morgan fingerprint density at radius 1 is 1.27 bits per heavy atom. The molecule has 2 heterocycles. The minimum atomic E-state index is 0.274. The number of likely N-dealkylation sites (tertiary alicyclic amines) is 1. The van der Waals surface area contributed by atoms with Gasteiger partial charge in [-0.15, -0.1) is 0 Å². The van der Waals surface area contributed by atoms with Crippen molar-refractivity contribution in [2.75, 3.05) is 26.2 Å². The average Bonchev–Trinajstić information content (AvgIpc) is 3.21. The van der Waals surface area contributed by atoms with Gasteiger partial charge in [0.1, 0.15) is 0 Å². The molecular formula is C22H33ClN6O. The Hall–Kier alpha value is -2.12. The highest BCUT2D eigenvalue weighted by molar-refractivity contribution is 6.30. The Bertz CT molecular complexity index is 796. The summed E-state index contributed by atoms with van der Waals surface area (Å²) in [5.74, 6) is 2.53. The van der Waals surface area contributed by atoms with E-state index in [-0.39, 0.29) is 5.92 Å². The van der Waals surface area contributed by atoms with Crippen LogP contribution in [0, 0.1) is 0 Å². The number of halogens is 1. The van der Waals surface area contributed by atoms with Crippen molar-refractivity contribution in [1.82, 2.24) is 25.7 Å². The van der Waals surface area contributed by atoms with Gasteiger partial charge in [-0.3, -0.25) is 9.89 Å². The van der Waals surface area contributed by atoms with Crippen molar-refractivity contribution in [2.45, 2.75) is 58.5 Å². The van der Waals surface area contributed by atoms with Crippen molar-refractivity contribution in [2.24, 2.45) is 4.99 Å². The van der Waals surface area contributed by atoms with E-state index in [0.717, 1.165) is 55.8 Å². The highest BCUT2D eigenvalue weighted by atomic mass is 35.5. The second kappa shape index (κ2) is 11.3. The molecule has 8 heteroatoms. The maximum Gasteiger partial charge on any atom is 0.228 e. The first-order valence-electron chi connectivity index (χ1n) is 10.9. The predicted octanol–water partition coefficient (Wildman–Crippen LogP) is 3.61. The van der Waals surface area contributed by atoms with Crippen LogP contribution in [0.4, 0.5) is 0 Å². The van der Waals surface area contributed by atoms with E-state index in [1.807, 2.05) is 12.1 Å². The van der Waals surface area contributed by atoms with Crippen LogP contribution in [0.5, 0.6) is 0 Å². The highest BCUT2D eigenvalue weighted by Crippen LogP contribution is 2.16. The lowest BCUT2D eigenvalue weighted by Gasteiger charge is -2.33. The zero-order valence-corrected chi connectivity index (χ0v) is 19.0. The molecule has 164 valence electrons. The number of hydrogen-bond acceptors (Lipinski definition) is 5. The Kier molecular flexibility index (Phi) is 8.51. The summed E-state index contributed by atoms with van der Waals surface area (Å²) >= 11 is 5.98. The zero-order valence-electron chi connectivity index (χ0n) is 18.2. The summed E-state index contributed by atoms with van der Waals surface area (Å²) in [7, 11) is 0. The van der Waals surface area contributed by atoms with Crippen LogP contribution in [0.25, 0.3) is 0 Å². The molecule has 1 aromatic carbocycles. The van der Waals surface area contributed by atoms with Gasteiger partial charge in [0.15, 0.2) is 11.8 Å². The normalized spacial score (nSPS) is 16.2. The first-order chi connectivity index (χ1) is 14.5. The second-order valence-corrected chi connectivity index (χ2v) is 8.47. The maximum atomic E-state index is 5.98. The fourth-order valence-corrected chi connectivity index (χ4v) is 3.59. The second-order valence-electron chi connectivity index (χ2n) is 8.03. The molecule has 1 aliphatic rings. The lowest BCUT2D eigenvalue weighted by Crippen LogP contribution is -2.48. The largest absolute Gasteiger partial charge is 0.357 e. The van der Waals surface area contributed by atoms with Gasteiger partial charge >= 0.3 is 0 Å². The van der Waals surface area contributed by atoms with E-state index in [1.165, 1.54) is 5.56 Å². The number of rotatable bonds is 8. The van der Waals surface area contributed by atoms with Gasteiger partial charge in [-0.25, -0.2) is 0 Å². The summed E-state index contributed by atoms with van der Waals surface area (Å²) in [6.45, 7) is 10.8. The average molecular weight is 433 g/mol. The van der Waals surface area contributed by atoms with E-state index in [2.05, 4.69) is 58.6 Å². The molecule has 1 fully saturated rings. The summed E-state index contributed by atoms with van der Waals surface area (Å²) in [4.78, 5) is 11.6. The molecule has 0 spiro atoms. The molecular weight excluding hydrogens is 400 g/mol. The van der Waals surface area contributed by atoms with Crippen molar-refractivity contribution in [3.63, 3.8) is 0 Å². The number of guanidine groups is 1. The molecule has 7 nitrogen and oxygen atoms in total. The number of aromatic nitrogens is 2. The summed E-state index contributed by atoms with van der Waals surface area (Å²) in [5.41, 5.74) is 1.31. The number of nitrogens with one attached hydrogen (secondary N) is 2. The molecule has 3 rings (SSSR count). The molecule has 0 atom stereocenters. The van der Waals surface area contributed by atoms with E-state index >= 15 is 0 Å². The first-order valence-corrected chi connectivity index (χ1v) is 11.3. The molecule has 0 saturated carbocycles. The monoisotopic (exact) mass is 432 g/mol. The Labute approximate surface area is 184 Å². The van der Waals surface area contributed by atoms with Crippen molar-refractivity contribution in [3.8, 4) is 0 Å². The Balaban J connectivity index is 1.44. The third kappa shape index (κ3) is 6.99. The topological polar surface area (TPSA) is 78.6 Å². The minimum absolute atomic E-state index is 0.274. The van der Waals surface area contributed by atoms with E-state index in [9.17, 15) is 0 Å². The predicted molar refractivity (Wildman–Crippen MR) is 121 cm³/mol. The minimum Gasteiger partial charge on any atom is -0.357 e. The van der Waals surface area contributed by atoms with Crippen LogP contribution in [0.15, 0.2) is 33.8 Å². The molecule has 2 N–H and O–H groups in total. The molecule has 0 amide bonds. The summed E-state index contributed by atoms with van der Waals surface area (Å²) in [6, 6.07) is 8.57. The molecule has 2 aromatic rings. The van der Waals surface area contributed by atoms with Crippen LogP contribution < -0.4 is 10.6 Å². The summed E-state index contributed by atoms with van der Waals surface area (Å²) in [6.07, 6.45) is 2.84. The maximum absolute atomic E-state index is 5.98. The molecule has 0 radical (unpaired) electrons. The van der Waals surface area contributed by atoms with E-state index in [4.69, 9.17) is 21.1 Å². The highest BCUT2D eigenvalue weighted by Gasteiger charge is 2.20. The van der Waals surface area contributed by atoms with Gasteiger partial charge in [0.05, 0.1) is 6.54 Å². The van der Waals surface area contributed by atoms with Crippen LogP contribution in [-0.2, 0) is 13.0 Å². The smallest absolute Gasteiger partial charge is 0.228 e. The van der Waals surface area contributed by atoms with Crippen LogP contribution in [-0.4, -0.2) is 53.2 Å². The van der Waals surface area contributed by atoms with Gasteiger partial charge in [-0.05, 0) is 37.5 Å². The number of benzene rings is 1. The van der Waals surface area contributed by atoms with Crippen LogP contribution >= 0.6 is 11.6 Å². The third-order valence-corrected chi connectivity index (χ3v) is 5.44. The first kappa shape index (κ1) is 22.6. The quantitative estimate of drug-likeness (QED) is 0.490. The Morgan fingerprint density at radius 3 is 2.63 bits per heavy atom. The number of hydrogen-bond donors (Lipinski definition) is 2. The molecule has 1 aromatic heterocycles. The van der Waals surface area contributed by atoms with Crippen molar-refractivity contribution < 1.29 is 4.52 Å². The molecule has 0 aliphatic carbocycles. The lowest BCUT2D eigenvalue weighted by atomic mass is 10.0. The summed E-state index contributed by atoms with van der Waals surface area (Å²) < 4.78 is 5.30. The van der Waals surface area contributed by atoms with Gasteiger partial charge in [0, 0.05) is 49.6 Å². The van der Waals surface area contributed by atoms with Gasteiger partial charge < -0.3 is 15.2 Å². The fourth-order valence-electron chi connectivity index (χ4n) is 3.46. The van der Waals surface area contributed by atoms with Crippen molar-refractivity contribution in [1.29, 1.82) is 0 Å². The van der Waals surface area contributed by atoms with Crippen molar-refractivity contribution >= 4 is 17.6 Å². The fraction of sp³-hybridized carbons (Fsp3) is 0.591. The van der Waals surface area contributed by atoms with Crippen LogP contribution in [0.1, 0.15) is 56.8 Å². The van der Waals surface area contributed by atoms with Gasteiger partial charge in [-0.2, -0.15) is 4.98 Å². The van der Waals surface area contributed by atoms with Gasteiger partial charge in [0.2, 0.25) is 5.89 Å². The number of aliphatic imine (C=N–C) groups is 1. The molecule has 1 saturated heterocycles. The summed E-state index contributed by atoms with van der Waals surface area (Å²) in [5, 5.41) is 11.7. The lowest BCUT2D eigenvalue weighted by molar-refractivity contribution is 0.198. The van der Waals surface area contributed by atoms with Crippen molar-refractivity contribution in [3.05, 3.63) is 46.6 Å². The zero-order chi connectivity index (χ0) is 21.3.